The molecule has 1 aromatic carbocycles. The molecule has 4 nitrogen and oxygen atoms in total. The summed E-state index contributed by atoms with van der Waals surface area (Å²) >= 11 is 0. The number of rotatable bonds is 15. The van der Waals surface area contributed by atoms with Crippen LogP contribution in [0.3, 0.4) is 0 Å². The van der Waals surface area contributed by atoms with Gasteiger partial charge in [-0.15, -0.1) is 0 Å². The molecule has 0 aliphatic heterocycles. The van der Waals surface area contributed by atoms with E-state index < -0.39 is 23.5 Å². The standard InChI is InChI=1S/C30H42F6N2O2/c1-8-19(4)11-27(15-23(9-2)12-20(5)21(6)39)38(22(7)37-17-28(40)10-3)18-24-13-25(29(31,32)33)16-26(14-24)30(34,35)36/h10,13-14,16-17,19-20,23,27,40H,7-9,11-12,15,18H2,1-6H3/b28-10+,37-17-/t19-,20?,23-,27+/m0/s1. The van der Waals surface area contributed by atoms with E-state index in [-0.39, 0.29) is 59.3 Å². The monoisotopic (exact) mass is 576 g/mol. The van der Waals surface area contributed by atoms with Gasteiger partial charge in [-0.3, -0.25) is 4.79 Å². The summed E-state index contributed by atoms with van der Waals surface area (Å²) in [7, 11) is 0. The zero-order valence-electron chi connectivity index (χ0n) is 24.2. The molecular weight excluding hydrogens is 534 g/mol. The van der Waals surface area contributed by atoms with Crippen molar-refractivity contribution in [1.82, 2.24) is 4.90 Å². The number of benzene rings is 1. The van der Waals surface area contributed by atoms with Crippen LogP contribution in [0.5, 0.6) is 0 Å². The summed E-state index contributed by atoms with van der Waals surface area (Å²) in [5.41, 5.74) is -2.97. The number of hydrogen-bond acceptors (Lipinski definition) is 4. The van der Waals surface area contributed by atoms with Gasteiger partial charge in [0.05, 0.1) is 17.3 Å². The maximum Gasteiger partial charge on any atom is 0.416 e. The van der Waals surface area contributed by atoms with Crippen molar-refractivity contribution in [2.24, 2.45) is 22.7 Å². The third kappa shape index (κ3) is 11.4. The average Bonchev–Trinajstić information content (AvgIpc) is 2.87. The van der Waals surface area contributed by atoms with Crippen LogP contribution in [0.2, 0.25) is 0 Å². The Kier molecular flexibility index (Phi) is 13.5. The number of allylic oxidation sites excluding steroid dienone is 2. The fourth-order valence-corrected chi connectivity index (χ4v) is 4.49. The number of aliphatic hydroxyl groups is 1. The SMILES string of the molecule is C=C(/N=C\C(O)=C/C)N(Cc1cc(C(F)(F)F)cc(C(F)(F)F)c1)[C@H](C[C@@H](C)CC)C[C@@H](CC)CC(C)C(C)=O. The van der Waals surface area contributed by atoms with Crippen LogP contribution in [-0.2, 0) is 23.7 Å². The van der Waals surface area contributed by atoms with Gasteiger partial charge in [0.15, 0.2) is 0 Å². The number of aliphatic imine (C=N–C) groups is 1. The Balaban J connectivity index is 3.68. The number of Topliss-reactive ketones (excluding diaryl/α,β-unsaturated/α-hetero) is 1. The van der Waals surface area contributed by atoms with Gasteiger partial charge in [-0.25, -0.2) is 4.99 Å². The predicted molar refractivity (Wildman–Crippen MR) is 147 cm³/mol. The average molecular weight is 577 g/mol. The molecule has 1 aromatic rings. The molecule has 10 heteroatoms. The molecule has 0 aromatic heterocycles. The highest BCUT2D eigenvalue weighted by Gasteiger charge is 2.37. The molecule has 0 aliphatic carbocycles. The zero-order chi connectivity index (χ0) is 30.8. The summed E-state index contributed by atoms with van der Waals surface area (Å²) in [6.07, 6.45) is -4.16. The minimum absolute atomic E-state index is 0.0493. The highest BCUT2D eigenvalue weighted by molar-refractivity contribution is 5.77. The number of aliphatic hydroxyl groups excluding tert-OH is 1. The van der Waals surface area contributed by atoms with E-state index in [0.717, 1.165) is 31.2 Å². The van der Waals surface area contributed by atoms with Gasteiger partial charge in [0.25, 0.3) is 0 Å². The first-order valence-corrected chi connectivity index (χ1v) is 13.6. The van der Waals surface area contributed by atoms with E-state index in [1.54, 1.807) is 11.8 Å². The van der Waals surface area contributed by atoms with Crippen molar-refractivity contribution < 1.29 is 36.2 Å². The smallest absolute Gasteiger partial charge is 0.416 e. The minimum atomic E-state index is -4.97. The van der Waals surface area contributed by atoms with Crippen LogP contribution in [0, 0.1) is 17.8 Å². The molecule has 0 saturated carbocycles. The first kappa shape index (κ1) is 35.2. The first-order chi connectivity index (χ1) is 18.4. The minimum Gasteiger partial charge on any atom is -0.507 e. The number of alkyl halides is 6. The van der Waals surface area contributed by atoms with Gasteiger partial charge in [-0.2, -0.15) is 26.3 Å². The highest BCUT2D eigenvalue weighted by atomic mass is 19.4. The van der Waals surface area contributed by atoms with Crippen LogP contribution in [0.1, 0.15) is 90.3 Å². The lowest BCUT2D eigenvalue weighted by Crippen LogP contribution is -2.37. The third-order valence-corrected chi connectivity index (χ3v) is 7.35. The fraction of sp³-hybridized carbons (Fsp3) is 0.600. The van der Waals surface area contributed by atoms with Crippen molar-refractivity contribution in [1.29, 1.82) is 0 Å². The maximum absolute atomic E-state index is 13.6. The van der Waals surface area contributed by atoms with Crippen LogP contribution in [-0.4, -0.2) is 28.0 Å². The Bertz CT molecular complexity index is 1010. The number of carbonyl (C=O) groups is 1. The molecule has 0 amide bonds. The normalized spacial score (nSPS) is 16.1. The van der Waals surface area contributed by atoms with Crippen LogP contribution < -0.4 is 0 Å². The molecule has 1 unspecified atom stereocenters. The number of carbonyl (C=O) groups excluding carboxylic acids is 1. The van der Waals surface area contributed by atoms with Gasteiger partial charge in [0.2, 0.25) is 0 Å². The van der Waals surface area contributed by atoms with E-state index in [1.165, 1.54) is 13.0 Å². The quantitative estimate of drug-likeness (QED) is 0.129. The molecule has 0 fully saturated rings. The van der Waals surface area contributed by atoms with E-state index in [4.69, 9.17) is 0 Å². The van der Waals surface area contributed by atoms with E-state index in [9.17, 15) is 36.2 Å². The second-order valence-electron chi connectivity index (χ2n) is 10.6. The molecular formula is C30H42F6N2O2. The number of halogens is 6. The van der Waals surface area contributed by atoms with Gasteiger partial charge in [0.1, 0.15) is 17.4 Å². The van der Waals surface area contributed by atoms with E-state index in [2.05, 4.69) is 11.6 Å². The van der Waals surface area contributed by atoms with Gasteiger partial charge in [0, 0.05) is 18.5 Å². The Morgan fingerprint density at radius 1 is 1.00 bits per heavy atom. The third-order valence-electron chi connectivity index (χ3n) is 7.35. The molecule has 226 valence electrons. The van der Waals surface area contributed by atoms with E-state index in [0.29, 0.717) is 19.3 Å². The first-order valence-electron chi connectivity index (χ1n) is 13.6. The van der Waals surface area contributed by atoms with Gasteiger partial charge in [-0.1, -0.05) is 47.1 Å². The molecule has 0 bridgehead atoms. The molecule has 0 saturated heterocycles. The number of nitrogens with zero attached hydrogens (tertiary/aromatic N) is 2. The Hall–Kier alpha value is -2.78. The number of hydrogen-bond donors (Lipinski definition) is 1. The molecule has 0 aliphatic rings. The number of ketones is 1. The van der Waals surface area contributed by atoms with Crippen LogP contribution in [0.15, 0.2) is 47.4 Å². The largest absolute Gasteiger partial charge is 0.507 e. The Morgan fingerprint density at radius 2 is 1.55 bits per heavy atom. The second kappa shape index (κ2) is 15.3. The second-order valence-corrected chi connectivity index (χ2v) is 10.6. The summed E-state index contributed by atoms with van der Waals surface area (Å²) in [4.78, 5) is 17.8. The summed E-state index contributed by atoms with van der Waals surface area (Å²) in [6.45, 7) is 14.6. The molecule has 4 atom stereocenters. The maximum atomic E-state index is 13.6. The van der Waals surface area contributed by atoms with Crippen molar-refractivity contribution in [3.05, 3.63) is 59.1 Å². The lowest BCUT2D eigenvalue weighted by Gasteiger charge is -2.37. The summed E-state index contributed by atoms with van der Waals surface area (Å²) in [6, 6.07) is 1.20. The summed E-state index contributed by atoms with van der Waals surface area (Å²) < 4.78 is 81.5. The molecule has 1 N–H and O–H groups in total. The van der Waals surface area contributed by atoms with Crippen molar-refractivity contribution in [3.63, 3.8) is 0 Å². The Labute approximate surface area is 233 Å². The van der Waals surface area contributed by atoms with E-state index >= 15 is 0 Å². The Morgan fingerprint density at radius 3 is 1.98 bits per heavy atom. The van der Waals surface area contributed by atoms with Crippen LogP contribution in [0.25, 0.3) is 0 Å². The molecule has 0 heterocycles. The lowest BCUT2D eigenvalue weighted by atomic mass is 9.83. The topological polar surface area (TPSA) is 52.9 Å². The van der Waals surface area contributed by atoms with Crippen molar-refractivity contribution in [2.45, 2.75) is 98.6 Å². The molecule has 0 radical (unpaired) electrons. The molecule has 0 spiro atoms. The predicted octanol–water partition coefficient (Wildman–Crippen LogP) is 9.37. The molecule has 40 heavy (non-hydrogen) atoms. The van der Waals surface area contributed by atoms with E-state index in [1.807, 2.05) is 27.7 Å². The molecule has 1 rings (SSSR count). The van der Waals surface area contributed by atoms with Gasteiger partial charge < -0.3 is 10.0 Å². The van der Waals surface area contributed by atoms with Crippen molar-refractivity contribution in [3.8, 4) is 0 Å². The van der Waals surface area contributed by atoms with Gasteiger partial charge in [-0.05, 0) is 74.8 Å². The zero-order valence-corrected chi connectivity index (χ0v) is 24.2. The van der Waals surface area contributed by atoms with Crippen LogP contribution in [0.4, 0.5) is 26.3 Å². The van der Waals surface area contributed by atoms with Crippen molar-refractivity contribution in [2.75, 3.05) is 0 Å². The van der Waals surface area contributed by atoms with Gasteiger partial charge >= 0.3 is 12.4 Å². The highest BCUT2D eigenvalue weighted by Crippen LogP contribution is 2.37. The summed E-state index contributed by atoms with van der Waals surface area (Å²) in [5, 5.41) is 9.86. The summed E-state index contributed by atoms with van der Waals surface area (Å²) in [5.74, 6) is 0.0510. The van der Waals surface area contributed by atoms with Crippen molar-refractivity contribution >= 4 is 12.0 Å². The van der Waals surface area contributed by atoms with Crippen LogP contribution >= 0.6 is 0 Å². The lowest BCUT2D eigenvalue weighted by molar-refractivity contribution is -0.143. The fourth-order valence-electron chi connectivity index (χ4n) is 4.49.